The molecule has 2 N–H and O–H groups in total. The van der Waals surface area contributed by atoms with Crippen LogP contribution < -0.4 is 10.6 Å². The van der Waals surface area contributed by atoms with Crippen LogP contribution in [0.15, 0.2) is 48.7 Å². The monoisotopic (exact) mass is 598 g/mol. The SMILES string of the molecule is [C-]#[N+]c1ccc2c(c1)c(C(CC(=O)NC1CCC(NC(=O)OC(C)(C)C)CC1)c1cccc(C)c1)cn2CC1CCOCC1. The number of fused-ring (bicyclic) bond motifs is 1. The van der Waals surface area contributed by atoms with Gasteiger partial charge in [0, 0.05) is 55.9 Å². The molecule has 3 aromatic rings. The highest BCUT2D eigenvalue weighted by molar-refractivity contribution is 5.89. The minimum atomic E-state index is -0.530. The maximum atomic E-state index is 13.7. The number of carbonyl (C=O) groups is 2. The van der Waals surface area contributed by atoms with Crippen LogP contribution in [-0.4, -0.2) is 47.5 Å². The smallest absolute Gasteiger partial charge is 0.407 e. The van der Waals surface area contributed by atoms with Crippen molar-refractivity contribution >= 4 is 28.6 Å². The minimum absolute atomic E-state index is 0.0201. The topological polar surface area (TPSA) is 86.0 Å². The lowest BCUT2D eigenvalue weighted by molar-refractivity contribution is -0.122. The first-order valence-electron chi connectivity index (χ1n) is 16.0. The lowest BCUT2D eigenvalue weighted by Crippen LogP contribution is -2.45. The molecular weight excluding hydrogens is 552 g/mol. The average molecular weight is 599 g/mol. The van der Waals surface area contributed by atoms with Gasteiger partial charge in [0.25, 0.3) is 0 Å². The second-order valence-electron chi connectivity index (χ2n) is 13.5. The number of hydrogen-bond acceptors (Lipinski definition) is 4. The van der Waals surface area contributed by atoms with E-state index in [1.54, 1.807) is 0 Å². The lowest BCUT2D eigenvalue weighted by atomic mass is 9.86. The maximum absolute atomic E-state index is 13.7. The zero-order valence-corrected chi connectivity index (χ0v) is 26.5. The van der Waals surface area contributed by atoms with E-state index in [0.29, 0.717) is 18.0 Å². The molecule has 1 unspecified atom stereocenters. The van der Waals surface area contributed by atoms with E-state index in [-0.39, 0.29) is 30.0 Å². The van der Waals surface area contributed by atoms with Crippen LogP contribution in [0.25, 0.3) is 15.7 Å². The molecule has 2 aromatic carbocycles. The summed E-state index contributed by atoms with van der Waals surface area (Å²) in [6.07, 6.45) is 7.43. The number of hydrogen-bond donors (Lipinski definition) is 2. The summed E-state index contributed by atoms with van der Waals surface area (Å²) in [5.41, 5.74) is 4.51. The number of carbonyl (C=O) groups excluding carboxylic acids is 2. The highest BCUT2D eigenvalue weighted by atomic mass is 16.6. The summed E-state index contributed by atoms with van der Waals surface area (Å²) in [7, 11) is 0. The van der Waals surface area contributed by atoms with Crippen molar-refractivity contribution in [3.8, 4) is 0 Å². The number of aromatic nitrogens is 1. The maximum Gasteiger partial charge on any atom is 0.407 e. The summed E-state index contributed by atoms with van der Waals surface area (Å²) >= 11 is 0. The molecule has 1 saturated carbocycles. The Hall–Kier alpha value is -3.83. The molecule has 0 radical (unpaired) electrons. The summed E-state index contributed by atoms with van der Waals surface area (Å²) in [5, 5.41) is 7.33. The van der Waals surface area contributed by atoms with E-state index in [1.165, 1.54) is 0 Å². The van der Waals surface area contributed by atoms with Crippen LogP contribution in [0.4, 0.5) is 10.5 Å². The van der Waals surface area contributed by atoms with Gasteiger partial charge in [0.2, 0.25) is 5.91 Å². The summed E-state index contributed by atoms with van der Waals surface area (Å²) in [6.45, 7) is 17.8. The third-order valence-corrected chi connectivity index (χ3v) is 8.84. The Morgan fingerprint density at radius 1 is 1.02 bits per heavy atom. The van der Waals surface area contributed by atoms with Gasteiger partial charge < -0.3 is 24.7 Å². The number of nitrogens with one attached hydrogen (secondary N) is 2. The molecule has 1 aliphatic carbocycles. The van der Waals surface area contributed by atoms with Gasteiger partial charge in [-0.15, -0.1) is 0 Å². The van der Waals surface area contributed by atoms with Crippen LogP contribution in [0.2, 0.25) is 0 Å². The van der Waals surface area contributed by atoms with Gasteiger partial charge in [-0.25, -0.2) is 9.64 Å². The predicted molar refractivity (Wildman–Crippen MR) is 173 cm³/mol. The van der Waals surface area contributed by atoms with Crippen molar-refractivity contribution in [1.29, 1.82) is 0 Å². The van der Waals surface area contributed by atoms with Gasteiger partial charge in [0.15, 0.2) is 5.69 Å². The van der Waals surface area contributed by atoms with E-state index in [2.05, 4.69) is 63.5 Å². The van der Waals surface area contributed by atoms with Crippen molar-refractivity contribution in [3.05, 3.63) is 76.8 Å². The summed E-state index contributed by atoms with van der Waals surface area (Å²) in [6, 6.07) is 14.5. The summed E-state index contributed by atoms with van der Waals surface area (Å²) in [5.74, 6) is 0.402. The van der Waals surface area contributed by atoms with E-state index >= 15 is 0 Å². The zero-order valence-electron chi connectivity index (χ0n) is 26.5. The van der Waals surface area contributed by atoms with Gasteiger partial charge in [0.05, 0.1) is 6.57 Å². The van der Waals surface area contributed by atoms with Gasteiger partial charge in [-0.05, 0) is 101 Å². The molecule has 2 amide bonds. The Morgan fingerprint density at radius 2 is 1.73 bits per heavy atom. The molecule has 0 spiro atoms. The quantitative estimate of drug-likeness (QED) is 0.265. The third-order valence-electron chi connectivity index (χ3n) is 8.84. The molecule has 5 rings (SSSR count). The summed E-state index contributed by atoms with van der Waals surface area (Å²) < 4.78 is 13.3. The molecule has 1 aromatic heterocycles. The van der Waals surface area contributed by atoms with E-state index in [0.717, 1.165) is 85.9 Å². The second-order valence-corrected chi connectivity index (χ2v) is 13.5. The van der Waals surface area contributed by atoms with Crippen LogP contribution >= 0.6 is 0 Å². The van der Waals surface area contributed by atoms with Crippen molar-refractivity contribution < 1.29 is 19.1 Å². The fourth-order valence-electron chi connectivity index (χ4n) is 6.64. The Bertz CT molecular complexity index is 1500. The molecule has 1 aliphatic heterocycles. The molecule has 8 heteroatoms. The van der Waals surface area contributed by atoms with Gasteiger partial charge in [0.1, 0.15) is 5.60 Å². The van der Waals surface area contributed by atoms with Crippen molar-refractivity contribution in [2.45, 2.75) is 103 Å². The van der Waals surface area contributed by atoms with Crippen LogP contribution in [-0.2, 0) is 20.8 Å². The predicted octanol–water partition coefficient (Wildman–Crippen LogP) is 7.40. The molecule has 2 fully saturated rings. The number of amides is 2. The van der Waals surface area contributed by atoms with E-state index in [4.69, 9.17) is 16.0 Å². The number of benzene rings is 2. The molecule has 0 bridgehead atoms. The fraction of sp³-hybridized carbons (Fsp3) is 0.528. The van der Waals surface area contributed by atoms with Crippen molar-refractivity contribution in [1.82, 2.24) is 15.2 Å². The van der Waals surface area contributed by atoms with Crippen molar-refractivity contribution in [3.63, 3.8) is 0 Å². The second kappa shape index (κ2) is 13.9. The third kappa shape index (κ3) is 8.21. The summed E-state index contributed by atoms with van der Waals surface area (Å²) in [4.78, 5) is 29.6. The number of alkyl carbamates (subject to hydrolysis) is 1. The van der Waals surface area contributed by atoms with Crippen LogP contribution in [0, 0.1) is 19.4 Å². The molecule has 8 nitrogen and oxygen atoms in total. The highest BCUT2D eigenvalue weighted by Gasteiger charge is 2.28. The Kier molecular flexibility index (Phi) is 9.95. The minimum Gasteiger partial charge on any atom is -0.444 e. The largest absolute Gasteiger partial charge is 0.444 e. The molecule has 1 atom stereocenters. The standard InChI is InChI=1S/C36H46N4O4/c1-24-7-6-8-26(19-24)30(21-34(41)38-27-9-11-28(12-10-27)39-35(42)44-36(2,3)4)32-23-40(22-25-15-17-43-18-16-25)33-14-13-29(37-5)20-31(32)33/h6-8,13-14,19-20,23,25,27-28,30H,9-12,15-18,21-22H2,1-4H3,(H,38,41)(H,39,42). The average Bonchev–Trinajstić information content (AvgIpc) is 3.33. The number of rotatable bonds is 8. The normalized spacial score (nSPS) is 20.1. The first-order chi connectivity index (χ1) is 21.1. The van der Waals surface area contributed by atoms with Crippen molar-refractivity contribution in [2.75, 3.05) is 13.2 Å². The molecule has 1 saturated heterocycles. The fourth-order valence-corrected chi connectivity index (χ4v) is 6.64. The van der Waals surface area contributed by atoms with E-state index < -0.39 is 5.60 Å². The van der Waals surface area contributed by atoms with Gasteiger partial charge in [-0.1, -0.05) is 35.9 Å². The number of ether oxygens (including phenoxy) is 2. The van der Waals surface area contributed by atoms with E-state index in [9.17, 15) is 9.59 Å². The first kappa shape index (κ1) is 31.6. The molecule has 234 valence electrons. The van der Waals surface area contributed by atoms with Gasteiger partial charge in [-0.2, -0.15) is 0 Å². The van der Waals surface area contributed by atoms with Gasteiger partial charge in [-0.3, -0.25) is 4.79 Å². The first-order valence-corrected chi connectivity index (χ1v) is 16.0. The molecule has 44 heavy (non-hydrogen) atoms. The highest BCUT2D eigenvalue weighted by Crippen LogP contribution is 2.38. The molecular formula is C36H46N4O4. The Labute approximate surface area is 261 Å². The van der Waals surface area contributed by atoms with Gasteiger partial charge >= 0.3 is 6.09 Å². The van der Waals surface area contributed by atoms with Crippen LogP contribution in [0.5, 0.6) is 0 Å². The Balaban J connectivity index is 1.34. The van der Waals surface area contributed by atoms with Crippen LogP contribution in [0.1, 0.15) is 88.3 Å². The Morgan fingerprint density at radius 3 is 2.39 bits per heavy atom. The van der Waals surface area contributed by atoms with Crippen molar-refractivity contribution in [2.24, 2.45) is 5.92 Å². The molecule has 2 heterocycles. The van der Waals surface area contributed by atoms with Crippen LogP contribution in [0.3, 0.4) is 0 Å². The number of nitrogens with zero attached hydrogens (tertiary/aromatic N) is 2. The van der Waals surface area contributed by atoms with E-state index in [1.807, 2.05) is 32.9 Å². The molecule has 2 aliphatic rings. The number of aryl methyl sites for hydroxylation is 1. The zero-order chi connectivity index (χ0) is 31.3. The lowest BCUT2D eigenvalue weighted by Gasteiger charge is -2.31.